The lowest BCUT2D eigenvalue weighted by Crippen LogP contribution is -2.34. The second kappa shape index (κ2) is 8.14. The van der Waals surface area contributed by atoms with Crippen LogP contribution in [-0.4, -0.2) is 51.4 Å². The maximum absolute atomic E-state index is 6.10. The van der Waals surface area contributed by atoms with Crippen molar-refractivity contribution in [3.63, 3.8) is 0 Å². The molecule has 2 N–H and O–H groups in total. The van der Waals surface area contributed by atoms with E-state index in [4.69, 9.17) is 33.3 Å². The van der Waals surface area contributed by atoms with Crippen LogP contribution in [0, 0.1) is 0 Å². The molecule has 1 rings (SSSR count). The van der Waals surface area contributed by atoms with Crippen LogP contribution in [0.3, 0.4) is 0 Å². The molecule has 0 atom stereocenters. The van der Waals surface area contributed by atoms with Gasteiger partial charge < -0.3 is 25.0 Å². The van der Waals surface area contributed by atoms with Gasteiger partial charge in [0.1, 0.15) is 11.5 Å². The van der Waals surface area contributed by atoms with Crippen LogP contribution in [0.2, 0.25) is 5.02 Å². The zero-order valence-electron chi connectivity index (χ0n) is 12.1. The van der Waals surface area contributed by atoms with Gasteiger partial charge >= 0.3 is 0 Å². The molecule has 0 aromatic heterocycles. The van der Waals surface area contributed by atoms with Crippen LogP contribution >= 0.6 is 23.8 Å². The average Bonchev–Trinajstić information content (AvgIpc) is 2.38. The molecular weight excluding hydrogens is 298 g/mol. The number of ether oxygens (including phenoxy) is 2. The molecule has 0 unspecified atom stereocenters. The van der Waals surface area contributed by atoms with Crippen LogP contribution in [0.1, 0.15) is 0 Å². The number of anilines is 1. The summed E-state index contributed by atoms with van der Waals surface area (Å²) in [7, 11) is 7.15. The monoisotopic (exact) mass is 317 g/mol. The van der Waals surface area contributed by atoms with Gasteiger partial charge in [-0.15, -0.1) is 0 Å². The minimum atomic E-state index is 0.492. The molecular formula is C13H20ClN3O2S. The van der Waals surface area contributed by atoms with Crippen LogP contribution in [0.15, 0.2) is 12.1 Å². The highest BCUT2D eigenvalue weighted by Crippen LogP contribution is 2.35. The summed E-state index contributed by atoms with van der Waals surface area (Å²) in [6, 6.07) is 3.44. The molecule has 0 saturated carbocycles. The highest BCUT2D eigenvalue weighted by atomic mass is 35.5. The summed E-state index contributed by atoms with van der Waals surface area (Å²) in [5.41, 5.74) is 0.695. The lowest BCUT2D eigenvalue weighted by molar-refractivity contribution is 0.396. The molecule has 0 fully saturated rings. The molecule has 7 heteroatoms. The molecule has 0 aliphatic rings. The number of likely N-dealkylation sites (N-methyl/N-ethyl adjacent to an activating group) is 1. The Morgan fingerprint density at radius 3 is 2.45 bits per heavy atom. The number of benzene rings is 1. The van der Waals surface area contributed by atoms with Gasteiger partial charge in [0.2, 0.25) is 0 Å². The summed E-state index contributed by atoms with van der Waals surface area (Å²) in [4.78, 5) is 2.07. The summed E-state index contributed by atoms with van der Waals surface area (Å²) in [6.45, 7) is 1.65. The Balaban J connectivity index is 2.71. The molecule has 20 heavy (non-hydrogen) atoms. The van der Waals surface area contributed by atoms with Crippen LogP contribution in [0.5, 0.6) is 11.5 Å². The van der Waals surface area contributed by atoms with Crippen molar-refractivity contribution in [1.29, 1.82) is 0 Å². The van der Waals surface area contributed by atoms with E-state index in [2.05, 4.69) is 15.5 Å². The van der Waals surface area contributed by atoms with E-state index in [1.54, 1.807) is 26.4 Å². The minimum Gasteiger partial charge on any atom is -0.495 e. The van der Waals surface area contributed by atoms with Gasteiger partial charge in [-0.3, -0.25) is 0 Å². The normalized spacial score (nSPS) is 10.3. The van der Waals surface area contributed by atoms with Crippen molar-refractivity contribution in [3.8, 4) is 11.5 Å². The lowest BCUT2D eigenvalue weighted by atomic mass is 10.2. The summed E-state index contributed by atoms with van der Waals surface area (Å²) >= 11 is 11.3. The highest BCUT2D eigenvalue weighted by molar-refractivity contribution is 7.80. The van der Waals surface area contributed by atoms with Gasteiger partial charge in [-0.25, -0.2) is 0 Å². The van der Waals surface area contributed by atoms with Crippen molar-refractivity contribution >= 4 is 34.6 Å². The number of hydrogen-bond acceptors (Lipinski definition) is 4. The third-order valence-corrected chi connectivity index (χ3v) is 3.11. The fourth-order valence-electron chi connectivity index (χ4n) is 1.52. The zero-order valence-corrected chi connectivity index (χ0v) is 13.7. The number of hydrogen-bond donors (Lipinski definition) is 2. The van der Waals surface area contributed by atoms with E-state index < -0.39 is 0 Å². The van der Waals surface area contributed by atoms with Crippen molar-refractivity contribution in [2.45, 2.75) is 0 Å². The Bertz CT molecular complexity index is 469. The molecule has 0 amide bonds. The van der Waals surface area contributed by atoms with E-state index in [0.717, 1.165) is 13.1 Å². The van der Waals surface area contributed by atoms with E-state index in [0.29, 0.717) is 27.3 Å². The Morgan fingerprint density at radius 1 is 1.25 bits per heavy atom. The molecule has 0 radical (unpaired) electrons. The van der Waals surface area contributed by atoms with Crippen LogP contribution in [0.4, 0.5) is 5.69 Å². The second-order valence-corrected chi connectivity index (χ2v) is 5.19. The predicted octanol–water partition coefficient (Wildman–Crippen LogP) is 2.21. The molecule has 0 aliphatic heterocycles. The van der Waals surface area contributed by atoms with Crippen molar-refractivity contribution in [1.82, 2.24) is 10.2 Å². The smallest absolute Gasteiger partial charge is 0.170 e. The average molecular weight is 318 g/mol. The summed E-state index contributed by atoms with van der Waals surface area (Å²) < 4.78 is 10.4. The molecule has 0 heterocycles. The van der Waals surface area contributed by atoms with Crippen molar-refractivity contribution in [3.05, 3.63) is 17.2 Å². The van der Waals surface area contributed by atoms with E-state index in [9.17, 15) is 0 Å². The third-order valence-electron chi connectivity index (χ3n) is 2.57. The number of halogens is 1. The number of methoxy groups -OCH3 is 2. The first-order valence-electron chi connectivity index (χ1n) is 6.09. The molecule has 0 bridgehead atoms. The first kappa shape index (κ1) is 16.8. The summed E-state index contributed by atoms with van der Waals surface area (Å²) in [5.74, 6) is 1.17. The zero-order chi connectivity index (χ0) is 15.1. The minimum absolute atomic E-state index is 0.492. The van der Waals surface area contributed by atoms with Gasteiger partial charge in [0.15, 0.2) is 5.11 Å². The maximum atomic E-state index is 6.10. The number of thiocarbonyl (C=S) groups is 1. The standard InChI is InChI=1S/C13H20ClN3O2S/c1-17(2)6-5-15-13(20)16-10-7-9(14)11(18-3)8-12(10)19-4/h7-8H,5-6H2,1-4H3,(H2,15,16,20). The molecule has 0 saturated heterocycles. The van der Waals surface area contributed by atoms with Crippen molar-refractivity contribution in [2.24, 2.45) is 0 Å². The van der Waals surface area contributed by atoms with Gasteiger partial charge in [-0.05, 0) is 32.4 Å². The second-order valence-electron chi connectivity index (χ2n) is 4.37. The SMILES string of the molecule is COc1cc(OC)c(NC(=S)NCCN(C)C)cc1Cl. The number of nitrogens with zero attached hydrogens (tertiary/aromatic N) is 1. The van der Waals surface area contributed by atoms with Crippen LogP contribution in [-0.2, 0) is 0 Å². The Kier molecular flexibility index (Phi) is 6.84. The molecule has 1 aromatic rings. The van der Waals surface area contributed by atoms with E-state index in [-0.39, 0.29) is 0 Å². The molecule has 0 spiro atoms. The summed E-state index contributed by atoms with van der Waals surface area (Å²) in [5, 5.41) is 7.19. The largest absolute Gasteiger partial charge is 0.495 e. The first-order valence-corrected chi connectivity index (χ1v) is 6.87. The van der Waals surface area contributed by atoms with E-state index >= 15 is 0 Å². The Labute approximate surface area is 130 Å². The van der Waals surface area contributed by atoms with Crippen LogP contribution < -0.4 is 20.1 Å². The lowest BCUT2D eigenvalue weighted by Gasteiger charge is -2.16. The quantitative estimate of drug-likeness (QED) is 0.784. The fourth-order valence-corrected chi connectivity index (χ4v) is 1.97. The van der Waals surface area contributed by atoms with Gasteiger partial charge in [0.05, 0.1) is 24.9 Å². The van der Waals surface area contributed by atoms with Gasteiger partial charge in [-0.1, -0.05) is 11.6 Å². The van der Waals surface area contributed by atoms with Crippen molar-refractivity contribution < 1.29 is 9.47 Å². The molecule has 0 aliphatic carbocycles. The predicted molar refractivity (Wildman–Crippen MR) is 87.3 cm³/mol. The Morgan fingerprint density at radius 2 is 1.90 bits per heavy atom. The number of rotatable bonds is 6. The van der Waals surface area contributed by atoms with Crippen molar-refractivity contribution in [2.75, 3.05) is 46.7 Å². The fraction of sp³-hybridized carbons (Fsp3) is 0.462. The topological polar surface area (TPSA) is 45.8 Å². The Hall–Kier alpha value is -1.24. The van der Waals surface area contributed by atoms with Gasteiger partial charge in [-0.2, -0.15) is 0 Å². The van der Waals surface area contributed by atoms with E-state index in [1.165, 1.54) is 0 Å². The summed E-state index contributed by atoms with van der Waals surface area (Å²) in [6.07, 6.45) is 0. The maximum Gasteiger partial charge on any atom is 0.170 e. The van der Waals surface area contributed by atoms with Gasteiger partial charge in [0.25, 0.3) is 0 Å². The van der Waals surface area contributed by atoms with E-state index in [1.807, 2.05) is 14.1 Å². The van der Waals surface area contributed by atoms with Crippen LogP contribution in [0.25, 0.3) is 0 Å². The molecule has 112 valence electrons. The number of nitrogens with one attached hydrogen (secondary N) is 2. The molecule has 1 aromatic carbocycles. The highest BCUT2D eigenvalue weighted by Gasteiger charge is 2.10. The third kappa shape index (κ3) is 5.03. The first-order chi connectivity index (χ1) is 9.47. The molecule has 5 nitrogen and oxygen atoms in total. The van der Waals surface area contributed by atoms with Gasteiger partial charge in [0, 0.05) is 19.2 Å².